The van der Waals surface area contributed by atoms with Crippen molar-refractivity contribution in [2.75, 3.05) is 18.9 Å². The van der Waals surface area contributed by atoms with Crippen LogP contribution in [0.3, 0.4) is 0 Å². The molecule has 142 valence electrons. The van der Waals surface area contributed by atoms with Gasteiger partial charge < -0.3 is 15.4 Å². The first-order valence-corrected chi connectivity index (χ1v) is 9.41. The van der Waals surface area contributed by atoms with Gasteiger partial charge in [0.1, 0.15) is 0 Å². The van der Waals surface area contributed by atoms with Gasteiger partial charge >= 0.3 is 12.0 Å². The normalized spacial score (nSPS) is 14.0. The highest BCUT2D eigenvalue weighted by Gasteiger charge is 2.24. The molecule has 2 aromatic rings. The average molecular weight is 388 g/mol. The van der Waals surface area contributed by atoms with Gasteiger partial charge in [0.15, 0.2) is 0 Å². The quantitative estimate of drug-likeness (QED) is 0.570. The van der Waals surface area contributed by atoms with Crippen LogP contribution in [-0.4, -0.2) is 51.1 Å². The summed E-state index contributed by atoms with van der Waals surface area (Å²) in [6, 6.07) is 5.56. The van der Waals surface area contributed by atoms with Crippen LogP contribution >= 0.6 is 11.8 Å². The maximum Gasteiger partial charge on any atom is 0.337 e. The van der Waals surface area contributed by atoms with E-state index in [1.54, 1.807) is 11.6 Å². The number of amides is 2. The maximum absolute atomic E-state index is 12.1. The molecule has 0 spiro atoms. The van der Waals surface area contributed by atoms with Gasteiger partial charge in [-0.2, -0.15) is 4.68 Å². The zero-order chi connectivity index (χ0) is 19.4. The lowest BCUT2D eigenvalue weighted by molar-refractivity contribution is -0.138. The molecule has 0 fully saturated rings. The molecule has 0 saturated heterocycles. The van der Waals surface area contributed by atoms with E-state index < -0.39 is 5.97 Å². The van der Waals surface area contributed by atoms with Crippen molar-refractivity contribution in [2.24, 2.45) is 0 Å². The number of nitrogens with one attached hydrogen (secondary N) is 2. The maximum atomic E-state index is 12.1. The highest BCUT2D eigenvalue weighted by atomic mass is 32.2. The predicted molar refractivity (Wildman–Crippen MR) is 99.5 cm³/mol. The van der Waals surface area contributed by atoms with Crippen LogP contribution in [0.1, 0.15) is 18.1 Å². The van der Waals surface area contributed by atoms with Gasteiger partial charge in [0, 0.05) is 11.4 Å². The first-order valence-electron chi connectivity index (χ1n) is 8.43. The molecular weight excluding hydrogens is 368 g/mol. The van der Waals surface area contributed by atoms with E-state index in [2.05, 4.69) is 26.2 Å². The first-order chi connectivity index (χ1) is 13.0. The van der Waals surface area contributed by atoms with Gasteiger partial charge in [-0.3, -0.25) is 0 Å². The number of carbonyl (C=O) groups is 2. The van der Waals surface area contributed by atoms with Crippen molar-refractivity contribution in [3.8, 4) is 5.69 Å². The Kier molecular flexibility index (Phi) is 5.75. The van der Waals surface area contributed by atoms with E-state index in [0.29, 0.717) is 22.2 Å². The first kappa shape index (κ1) is 18.9. The number of urea groups is 1. The summed E-state index contributed by atoms with van der Waals surface area (Å²) in [6.07, 6.45) is 0. The minimum Gasteiger partial charge on any atom is -0.463 e. The summed E-state index contributed by atoms with van der Waals surface area (Å²) in [7, 11) is 0. The number of rotatable bonds is 6. The van der Waals surface area contributed by atoms with Crippen molar-refractivity contribution < 1.29 is 14.3 Å². The van der Waals surface area contributed by atoms with Crippen LogP contribution < -0.4 is 10.6 Å². The molecule has 1 aromatic heterocycles. The lowest BCUT2D eigenvalue weighted by Gasteiger charge is -2.21. The Hall–Kier alpha value is -2.88. The smallest absolute Gasteiger partial charge is 0.337 e. The fourth-order valence-corrected chi connectivity index (χ4v) is 3.46. The summed E-state index contributed by atoms with van der Waals surface area (Å²) in [5.41, 5.74) is 3.99. The molecule has 27 heavy (non-hydrogen) atoms. The van der Waals surface area contributed by atoms with E-state index in [1.807, 2.05) is 32.0 Å². The number of tetrazole rings is 1. The van der Waals surface area contributed by atoms with E-state index in [0.717, 1.165) is 16.8 Å². The van der Waals surface area contributed by atoms with Gasteiger partial charge in [-0.05, 0) is 48.4 Å². The van der Waals surface area contributed by atoms with Crippen molar-refractivity contribution in [1.29, 1.82) is 0 Å². The number of benzene rings is 1. The molecule has 0 aliphatic carbocycles. The molecule has 0 bridgehead atoms. The monoisotopic (exact) mass is 388 g/mol. The third-order valence-electron chi connectivity index (χ3n) is 4.17. The Bertz CT molecular complexity index is 908. The molecule has 1 aromatic carbocycles. The Morgan fingerprint density at radius 2 is 2.19 bits per heavy atom. The predicted octanol–water partition coefficient (Wildman–Crippen LogP) is 1.50. The summed E-state index contributed by atoms with van der Waals surface area (Å²) in [4.78, 5) is 23.8. The largest absolute Gasteiger partial charge is 0.463 e. The molecule has 2 N–H and O–H groups in total. The molecule has 0 radical (unpaired) electrons. The second-order valence-corrected chi connectivity index (χ2v) is 6.81. The molecular formula is C17H20N6O3S. The number of hydrogen-bond donors (Lipinski definition) is 2. The minimum absolute atomic E-state index is 0.127. The highest BCUT2D eigenvalue weighted by Crippen LogP contribution is 2.24. The molecule has 0 saturated carbocycles. The van der Waals surface area contributed by atoms with Crippen molar-refractivity contribution in [3.63, 3.8) is 0 Å². The summed E-state index contributed by atoms with van der Waals surface area (Å²) in [5.74, 6) is -0.123. The van der Waals surface area contributed by atoms with Crippen LogP contribution in [0.2, 0.25) is 0 Å². The number of hydrogen-bond acceptors (Lipinski definition) is 7. The van der Waals surface area contributed by atoms with Crippen molar-refractivity contribution in [2.45, 2.75) is 25.9 Å². The highest BCUT2D eigenvalue weighted by molar-refractivity contribution is 7.99. The third-order valence-corrected chi connectivity index (χ3v) is 5.11. The van der Waals surface area contributed by atoms with Crippen LogP contribution in [0.25, 0.3) is 5.69 Å². The van der Waals surface area contributed by atoms with Crippen LogP contribution in [0.15, 0.2) is 34.6 Å². The zero-order valence-corrected chi connectivity index (χ0v) is 16.1. The van der Waals surface area contributed by atoms with Gasteiger partial charge in [0.05, 0.1) is 24.4 Å². The van der Waals surface area contributed by atoms with Gasteiger partial charge in [-0.1, -0.05) is 23.9 Å². The number of thioether (sulfide) groups is 1. The van der Waals surface area contributed by atoms with Crippen LogP contribution in [-0.2, 0) is 9.53 Å². The van der Waals surface area contributed by atoms with E-state index >= 15 is 0 Å². The second-order valence-electron chi connectivity index (χ2n) is 5.87. The van der Waals surface area contributed by atoms with Crippen molar-refractivity contribution in [1.82, 2.24) is 30.8 Å². The summed E-state index contributed by atoms with van der Waals surface area (Å²) < 4.78 is 6.72. The molecule has 3 rings (SSSR count). The Morgan fingerprint density at radius 1 is 1.37 bits per heavy atom. The Balaban J connectivity index is 1.84. The number of carbonyl (C=O) groups excluding carboxylic acids is 2. The van der Waals surface area contributed by atoms with Crippen molar-refractivity contribution in [3.05, 3.63) is 40.6 Å². The van der Waals surface area contributed by atoms with E-state index in [4.69, 9.17) is 4.74 Å². The fourth-order valence-electron chi connectivity index (χ4n) is 2.59. The van der Waals surface area contributed by atoms with Crippen LogP contribution in [0.5, 0.6) is 0 Å². The van der Waals surface area contributed by atoms with Gasteiger partial charge in [-0.15, -0.1) is 5.10 Å². The molecule has 0 atom stereocenters. The van der Waals surface area contributed by atoms with E-state index in [-0.39, 0.29) is 19.2 Å². The average Bonchev–Trinajstić information content (AvgIpc) is 3.11. The lowest BCUT2D eigenvalue weighted by Crippen LogP contribution is -2.44. The number of nitrogens with zero attached hydrogens (tertiary/aromatic N) is 4. The third kappa shape index (κ3) is 4.11. The molecule has 10 heteroatoms. The second kappa shape index (κ2) is 8.21. The molecule has 2 heterocycles. The number of ether oxygens (including phenoxy) is 1. The Morgan fingerprint density at radius 3 is 2.96 bits per heavy atom. The van der Waals surface area contributed by atoms with E-state index in [1.165, 1.54) is 11.8 Å². The summed E-state index contributed by atoms with van der Waals surface area (Å²) in [5, 5.41) is 17.7. The molecule has 2 amide bonds. The number of esters is 1. The van der Waals surface area contributed by atoms with Gasteiger partial charge in [-0.25, -0.2) is 9.59 Å². The zero-order valence-electron chi connectivity index (χ0n) is 15.3. The summed E-state index contributed by atoms with van der Waals surface area (Å²) >= 11 is 1.33. The SMILES string of the molecule is CCOC(=O)C1=C(CSc2nnnn2-c2cccc(C)c2C)NC(=O)NC1. The van der Waals surface area contributed by atoms with Crippen LogP contribution in [0, 0.1) is 13.8 Å². The van der Waals surface area contributed by atoms with Crippen LogP contribution in [0.4, 0.5) is 4.79 Å². The molecule has 1 aliphatic rings. The van der Waals surface area contributed by atoms with E-state index in [9.17, 15) is 9.59 Å². The summed E-state index contributed by atoms with van der Waals surface area (Å²) in [6.45, 7) is 6.16. The number of aromatic nitrogens is 4. The molecule has 0 unspecified atom stereocenters. The molecule has 9 nitrogen and oxygen atoms in total. The minimum atomic E-state index is -0.449. The molecule has 1 aliphatic heterocycles. The van der Waals surface area contributed by atoms with Gasteiger partial charge in [0.2, 0.25) is 5.16 Å². The standard InChI is InChI=1S/C17H20N6O3S/c1-4-26-15(24)12-8-18-16(25)19-13(12)9-27-17-20-21-22-23(17)14-7-5-6-10(2)11(14)3/h5-7H,4,8-9H2,1-3H3,(H2,18,19,25). The van der Waals surface area contributed by atoms with Crippen molar-refractivity contribution >= 4 is 23.8 Å². The van der Waals surface area contributed by atoms with Gasteiger partial charge in [0.25, 0.3) is 0 Å². The number of aryl methyl sites for hydroxylation is 1. The topological polar surface area (TPSA) is 111 Å². The fraction of sp³-hybridized carbons (Fsp3) is 0.353. The Labute approximate surface area is 160 Å². The lowest BCUT2D eigenvalue weighted by atomic mass is 10.1.